The van der Waals surface area contributed by atoms with Crippen LogP contribution in [-0.2, 0) is 0 Å². The molecule has 0 unspecified atom stereocenters. The van der Waals surface area contributed by atoms with E-state index >= 15 is 0 Å². The van der Waals surface area contributed by atoms with Crippen LogP contribution in [-0.4, -0.2) is 14.8 Å². The highest BCUT2D eigenvalue weighted by Gasteiger charge is 2.22. The Bertz CT molecular complexity index is 2270. The van der Waals surface area contributed by atoms with Crippen molar-refractivity contribution in [1.82, 2.24) is 14.8 Å². The van der Waals surface area contributed by atoms with Crippen LogP contribution in [0, 0.1) is 0 Å². The zero-order chi connectivity index (χ0) is 30.7. The Morgan fingerprint density at radius 1 is 0.435 bits per heavy atom. The minimum atomic E-state index is 0.915. The highest BCUT2D eigenvalue weighted by atomic mass is 15.3. The van der Waals surface area contributed by atoms with E-state index in [1.807, 2.05) is 36.5 Å². The summed E-state index contributed by atoms with van der Waals surface area (Å²) >= 11 is 0. The molecule has 0 radical (unpaired) electrons. The summed E-state index contributed by atoms with van der Waals surface area (Å²) in [6, 6.07) is 58.9. The van der Waals surface area contributed by atoms with Crippen LogP contribution >= 0.6 is 0 Å². The number of anilines is 2. The van der Waals surface area contributed by atoms with Crippen LogP contribution in [0.5, 0.6) is 0 Å². The molecule has 2 aromatic heterocycles. The maximum Gasteiger partial charge on any atom is 0.101 e. The van der Waals surface area contributed by atoms with Crippen molar-refractivity contribution in [2.75, 3.05) is 5.32 Å². The molecule has 4 heteroatoms. The lowest BCUT2D eigenvalue weighted by Crippen LogP contribution is -2.05. The van der Waals surface area contributed by atoms with E-state index in [4.69, 9.17) is 5.10 Å². The molecule has 8 rings (SSSR count). The van der Waals surface area contributed by atoms with Gasteiger partial charge in [0, 0.05) is 34.0 Å². The maximum atomic E-state index is 5.42. The second-order valence-corrected chi connectivity index (χ2v) is 11.1. The second-order valence-electron chi connectivity index (χ2n) is 11.1. The number of rotatable bonds is 7. The number of nitrogens with one attached hydrogen (secondary N) is 1. The summed E-state index contributed by atoms with van der Waals surface area (Å²) in [4.78, 5) is 4.63. The highest BCUT2D eigenvalue weighted by Crippen LogP contribution is 2.42. The molecule has 8 aromatic rings. The molecule has 46 heavy (non-hydrogen) atoms. The largest absolute Gasteiger partial charge is 0.353 e. The second kappa shape index (κ2) is 12.0. The predicted molar refractivity (Wildman–Crippen MR) is 190 cm³/mol. The van der Waals surface area contributed by atoms with Gasteiger partial charge in [0.05, 0.1) is 22.8 Å². The first-order valence-corrected chi connectivity index (χ1v) is 15.4. The third-order valence-corrected chi connectivity index (χ3v) is 8.32. The summed E-state index contributed by atoms with van der Waals surface area (Å²) in [6.45, 7) is 0. The molecule has 0 atom stereocenters. The van der Waals surface area contributed by atoms with Gasteiger partial charge in [-0.2, -0.15) is 5.10 Å². The molecule has 1 N–H and O–H groups in total. The molecule has 0 bridgehead atoms. The first-order valence-electron chi connectivity index (χ1n) is 15.4. The molecule has 0 fully saturated rings. The van der Waals surface area contributed by atoms with E-state index in [2.05, 4.69) is 155 Å². The Kier molecular flexibility index (Phi) is 7.14. The van der Waals surface area contributed by atoms with Crippen LogP contribution in [0.15, 0.2) is 176 Å². The van der Waals surface area contributed by atoms with Gasteiger partial charge in [0.25, 0.3) is 0 Å². The predicted octanol–water partition coefficient (Wildman–Crippen LogP) is 10.8. The van der Waals surface area contributed by atoms with Crippen molar-refractivity contribution in [2.24, 2.45) is 0 Å². The third kappa shape index (κ3) is 5.02. The summed E-state index contributed by atoms with van der Waals surface area (Å²) in [5.41, 5.74) is 12.5. The van der Waals surface area contributed by atoms with E-state index in [9.17, 15) is 0 Å². The molecule has 2 heterocycles. The van der Waals surface area contributed by atoms with E-state index in [0.29, 0.717) is 0 Å². The van der Waals surface area contributed by atoms with Gasteiger partial charge in [-0.05, 0) is 47.0 Å². The number of aromatic nitrogens is 3. The lowest BCUT2D eigenvalue weighted by molar-refractivity contribution is 0.906. The lowest BCUT2D eigenvalue weighted by Gasteiger charge is -2.18. The fourth-order valence-corrected chi connectivity index (χ4v) is 6.20. The van der Waals surface area contributed by atoms with E-state index in [1.165, 1.54) is 0 Å². The summed E-state index contributed by atoms with van der Waals surface area (Å²) in [7, 11) is 0. The van der Waals surface area contributed by atoms with Gasteiger partial charge < -0.3 is 5.32 Å². The fourth-order valence-electron chi connectivity index (χ4n) is 6.20. The molecule has 218 valence electrons. The number of pyridine rings is 1. The molecule has 0 aliphatic carbocycles. The molecule has 0 aliphatic heterocycles. The molecule has 0 saturated heterocycles. The first-order chi connectivity index (χ1) is 22.8. The summed E-state index contributed by atoms with van der Waals surface area (Å²) in [5, 5.41) is 10.3. The first kappa shape index (κ1) is 27.3. The van der Waals surface area contributed by atoms with Crippen LogP contribution in [0.2, 0.25) is 0 Å². The van der Waals surface area contributed by atoms with Crippen molar-refractivity contribution in [3.8, 4) is 50.5 Å². The quantitative estimate of drug-likeness (QED) is 0.201. The number of hydrogen-bond acceptors (Lipinski definition) is 3. The molecular weight excluding hydrogens is 560 g/mol. The number of nitrogens with zero attached hydrogens (tertiary/aromatic N) is 3. The average Bonchev–Trinajstić information content (AvgIpc) is 3.53. The van der Waals surface area contributed by atoms with Crippen molar-refractivity contribution in [3.05, 3.63) is 176 Å². The summed E-state index contributed by atoms with van der Waals surface area (Å²) < 4.78 is 2.12. The number of benzene rings is 6. The Balaban J connectivity index is 1.37. The standard InChI is InChI=1S/C42H30N4/c1-3-16-30(17-4-1)32-20-7-8-21-34(32)42-36-24-15-23-33(31-18-5-2-6-19-31)41(36)45-46(42)40-28-12-11-27-39(40)44-38-26-10-9-22-35(38)37-25-13-14-29-43-37/h1-29,44H. The Morgan fingerprint density at radius 3 is 1.76 bits per heavy atom. The molecule has 0 aliphatic rings. The van der Waals surface area contributed by atoms with E-state index in [-0.39, 0.29) is 0 Å². The number of hydrogen-bond donors (Lipinski definition) is 1. The van der Waals surface area contributed by atoms with Crippen LogP contribution < -0.4 is 5.32 Å². The molecule has 4 nitrogen and oxygen atoms in total. The van der Waals surface area contributed by atoms with Crippen LogP contribution in [0.4, 0.5) is 11.4 Å². The third-order valence-electron chi connectivity index (χ3n) is 8.32. The van der Waals surface area contributed by atoms with Crippen LogP contribution in [0.1, 0.15) is 0 Å². The topological polar surface area (TPSA) is 42.7 Å². The number of fused-ring (bicyclic) bond motifs is 1. The SMILES string of the molecule is c1ccc(-c2ccccc2-c2c3cccc(-c4ccccc4)c3nn2-c2ccccc2Nc2ccccc2-c2ccccn2)cc1. The number of para-hydroxylation sites is 3. The Hall–Kier alpha value is -6.26. The van der Waals surface area contributed by atoms with Gasteiger partial charge in [0.15, 0.2) is 0 Å². The van der Waals surface area contributed by atoms with E-state index in [1.54, 1.807) is 0 Å². The zero-order valence-corrected chi connectivity index (χ0v) is 25.1. The van der Waals surface area contributed by atoms with Crippen LogP contribution in [0.3, 0.4) is 0 Å². The Labute approximate surface area is 268 Å². The van der Waals surface area contributed by atoms with Gasteiger partial charge in [-0.3, -0.25) is 4.98 Å². The summed E-state index contributed by atoms with van der Waals surface area (Å²) in [5.74, 6) is 0. The van der Waals surface area contributed by atoms with Crippen molar-refractivity contribution in [2.45, 2.75) is 0 Å². The van der Waals surface area contributed by atoms with Gasteiger partial charge in [0.1, 0.15) is 5.52 Å². The highest BCUT2D eigenvalue weighted by molar-refractivity contribution is 6.04. The van der Waals surface area contributed by atoms with Gasteiger partial charge in [-0.1, -0.05) is 140 Å². The van der Waals surface area contributed by atoms with Gasteiger partial charge in [-0.25, -0.2) is 4.68 Å². The molecule has 6 aromatic carbocycles. The van der Waals surface area contributed by atoms with Gasteiger partial charge in [0.2, 0.25) is 0 Å². The molecule has 0 saturated carbocycles. The molecule has 0 amide bonds. The lowest BCUT2D eigenvalue weighted by atomic mass is 9.94. The van der Waals surface area contributed by atoms with Crippen molar-refractivity contribution >= 4 is 22.3 Å². The van der Waals surface area contributed by atoms with Gasteiger partial charge >= 0.3 is 0 Å². The van der Waals surface area contributed by atoms with Crippen LogP contribution in [0.25, 0.3) is 61.4 Å². The fraction of sp³-hybridized carbons (Fsp3) is 0. The zero-order valence-electron chi connectivity index (χ0n) is 25.1. The van der Waals surface area contributed by atoms with Crippen molar-refractivity contribution < 1.29 is 0 Å². The Morgan fingerprint density at radius 2 is 1.02 bits per heavy atom. The molecule has 0 spiro atoms. The monoisotopic (exact) mass is 590 g/mol. The minimum Gasteiger partial charge on any atom is -0.353 e. The van der Waals surface area contributed by atoms with Crippen molar-refractivity contribution in [3.63, 3.8) is 0 Å². The summed E-state index contributed by atoms with van der Waals surface area (Å²) in [6.07, 6.45) is 1.83. The van der Waals surface area contributed by atoms with Gasteiger partial charge in [-0.15, -0.1) is 0 Å². The van der Waals surface area contributed by atoms with Crippen molar-refractivity contribution in [1.29, 1.82) is 0 Å². The normalized spacial score (nSPS) is 11.0. The van der Waals surface area contributed by atoms with E-state index in [0.717, 1.165) is 72.7 Å². The molecular formula is C42H30N4. The minimum absolute atomic E-state index is 0.915. The van der Waals surface area contributed by atoms with E-state index < -0.39 is 0 Å². The maximum absolute atomic E-state index is 5.42. The smallest absolute Gasteiger partial charge is 0.101 e. The average molecular weight is 591 g/mol.